The second-order valence-corrected chi connectivity index (χ2v) is 1.93. The number of rotatable bonds is 1. The van der Waals surface area contributed by atoms with E-state index in [0.29, 0.717) is 4.48 Å². The Hall–Kier alpha value is -0.310. The van der Waals surface area contributed by atoms with E-state index in [2.05, 4.69) is 15.9 Å². The molecule has 2 nitrogen and oxygen atoms in total. The zero-order valence-corrected chi connectivity index (χ0v) is 5.53. The Labute approximate surface area is 50.5 Å². The van der Waals surface area contributed by atoms with Gasteiger partial charge >= 0.3 is 0 Å². The maximum atomic E-state index is 10.2. The zero-order chi connectivity index (χ0) is 5.86. The summed E-state index contributed by atoms with van der Waals surface area (Å²) in [6.45, 7) is 1.44. The Bertz CT molecular complexity index is 108. The molecule has 2 N–H and O–H groups in total. The van der Waals surface area contributed by atoms with E-state index in [1.54, 1.807) is 0 Å². The van der Waals surface area contributed by atoms with Crippen LogP contribution in [0, 0.1) is 0 Å². The minimum absolute atomic E-state index is 0.0532. The maximum Gasteiger partial charge on any atom is 0.168 e. The van der Waals surface area contributed by atoms with Gasteiger partial charge < -0.3 is 5.73 Å². The van der Waals surface area contributed by atoms with Crippen molar-refractivity contribution in [1.82, 2.24) is 0 Å². The summed E-state index contributed by atoms with van der Waals surface area (Å²) >= 11 is 2.93. The third kappa shape index (κ3) is 2.39. The van der Waals surface area contributed by atoms with Crippen LogP contribution in [0.3, 0.4) is 0 Å². The third-order valence-corrected chi connectivity index (χ3v) is 1.31. The van der Waals surface area contributed by atoms with E-state index in [1.807, 2.05) is 0 Å². The molecule has 0 saturated heterocycles. The Morgan fingerprint density at radius 3 is 2.29 bits per heavy atom. The number of ketones is 1. The van der Waals surface area contributed by atoms with Crippen molar-refractivity contribution < 1.29 is 4.79 Å². The zero-order valence-electron chi connectivity index (χ0n) is 3.94. The second-order valence-electron chi connectivity index (χ2n) is 1.07. The molecule has 0 atom stereocenters. The van der Waals surface area contributed by atoms with Crippen molar-refractivity contribution in [2.75, 3.05) is 0 Å². The van der Waals surface area contributed by atoms with Crippen LogP contribution in [0.4, 0.5) is 0 Å². The highest BCUT2D eigenvalue weighted by molar-refractivity contribution is 9.12. The molecule has 0 unspecified atom stereocenters. The molecule has 0 heterocycles. The minimum atomic E-state index is -0.0532. The first-order valence-corrected chi connectivity index (χ1v) is 2.56. The Morgan fingerprint density at radius 2 is 2.29 bits per heavy atom. The topological polar surface area (TPSA) is 43.1 Å². The molecule has 0 aliphatic carbocycles. The SMILES string of the molecule is CC(=O)C(Br)=CN. The van der Waals surface area contributed by atoms with Gasteiger partial charge in [0.05, 0.1) is 4.48 Å². The van der Waals surface area contributed by atoms with E-state index >= 15 is 0 Å². The van der Waals surface area contributed by atoms with E-state index in [0.717, 1.165) is 0 Å². The van der Waals surface area contributed by atoms with Crippen LogP contribution in [-0.2, 0) is 4.79 Å². The average Bonchev–Trinajstić information content (AvgIpc) is 1.65. The van der Waals surface area contributed by atoms with Gasteiger partial charge in [0.1, 0.15) is 0 Å². The summed E-state index contributed by atoms with van der Waals surface area (Å²) in [5, 5.41) is 0. The van der Waals surface area contributed by atoms with Gasteiger partial charge in [0.15, 0.2) is 5.78 Å². The molecule has 0 amide bonds. The first-order chi connectivity index (χ1) is 3.18. The monoisotopic (exact) mass is 163 g/mol. The van der Waals surface area contributed by atoms with E-state index < -0.39 is 0 Å². The van der Waals surface area contributed by atoms with Crippen molar-refractivity contribution in [3.8, 4) is 0 Å². The van der Waals surface area contributed by atoms with Crippen molar-refractivity contribution in [2.24, 2.45) is 5.73 Å². The Morgan fingerprint density at radius 1 is 1.86 bits per heavy atom. The predicted molar refractivity (Wildman–Crippen MR) is 31.9 cm³/mol. The molecule has 0 aliphatic heterocycles. The quantitative estimate of drug-likeness (QED) is 0.581. The van der Waals surface area contributed by atoms with Gasteiger partial charge in [-0.3, -0.25) is 4.79 Å². The second kappa shape index (κ2) is 2.80. The number of carbonyl (C=O) groups is 1. The largest absolute Gasteiger partial charge is 0.404 e. The number of hydrogen-bond acceptors (Lipinski definition) is 2. The van der Waals surface area contributed by atoms with Crippen LogP contribution in [0.2, 0.25) is 0 Å². The summed E-state index contributed by atoms with van der Waals surface area (Å²) in [5.41, 5.74) is 4.94. The summed E-state index contributed by atoms with van der Waals surface area (Å²) in [6.07, 6.45) is 1.22. The molecule has 0 saturated carbocycles. The summed E-state index contributed by atoms with van der Waals surface area (Å²) in [4.78, 5) is 10.2. The average molecular weight is 164 g/mol. The molecule has 0 aliphatic rings. The van der Waals surface area contributed by atoms with Gasteiger partial charge in [0.2, 0.25) is 0 Å². The lowest BCUT2D eigenvalue weighted by molar-refractivity contribution is -0.112. The lowest BCUT2D eigenvalue weighted by atomic mass is 10.4. The van der Waals surface area contributed by atoms with Crippen molar-refractivity contribution in [2.45, 2.75) is 6.92 Å². The van der Waals surface area contributed by atoms with Gasteiger partial charge in [-0.05, 0) is 22.9 Å². The van der Waals surface area contributed by atoms with Gasteiger partial charge in [0.25, 0.3) is 0 Å². The summed E-state index contributed by atoms with van der Waals surface area (Å²) in [7, 11) is 0. The Balaban J connectivity index is 3.82. The predicted octanol–water partition coefficient (Wildman–Crippen LogP) is 0.770. The smallest absolute Gasteiger partial charge is 0.168 e. The van der Waals surface area contributed by atoms with E-state index in [-0.39, 0.29) is 5.78 Å². The fourth-order valence-electron chi connectivity index (χ4n) is 0.117. The first-order valence-electron chi connectivity index (χ1n) is 1.77. The molecule has 0 rings (SSSR count). The van der Waals surface area contributed by atoms with Gasteiger partial charge in [0, 0.05) is 6.20 Å². The molecule has 0 aromatic heterocycles. The fourth-order valence-corrected chi connectivity index (χ4v) is 0.117. The first kappa shape index (κ1) is 6.69. The lowest BCUT2D eigenvalue weighted by Gasteiger charge is -1.82. The summed E-state index contributed by atoms with van der Waals surface area (Å²) in [6, 6.07) is 0. The van der Waals surface area contributed by atoms with Crippen LogP contribution in [-0.4, -0.2) is 5.78 Å². The number of nitrogens with two attached hydrogens (primary N) is 1. The number of hydrogen-bond donors (Lipinski definition) is 1. The van der Waals surface area contributed by atoms with Gasteiger partial charge in [-0.1, -0.05) is 0 Å². The molecule has 0 aromatic carbocycles. The molecular weight excluding hydrogens is 158 g/mol. The van der Waals surface area contributed by atoms with E-state index in [9.17, 15) is 4.79 Å². The van der Waals surface area contributed by atoms with Crippen molar-refractivity contribution in [3.05, 3.63) is 10.7 Å². The molecule has 0 radical (unpaired) electrons. The molecule has 0 fully saturated rings. The lowest BCUT2D eigenvalue weighted by Crippen LogP contribution is -1.91. The molecule has 40 valence electrons. The van der Waals surface area contributed by atoms with Gasteiger partial charge in [-0.2, -0.15) is 0 Å². The van der Waals surface area contributed by atoms with Gasteiger partial charge in [-0.15, -0.1) is 0 Å². The standard InChI is InChI=1S/C4H6BrNO/c1-3(7)4(5)2-6/h2H,6H2,1H3. The number of carbonyl (C=O) groups excluding carboxylic acids is 1. The van der Waals surface area contributed by atoms with Crippen LogP contribution in [0.5, 0.6) is 0 Å². The highest BCUT2D eigenvalue weighted by Crippen LogP contribution is 2.01. The molecular formula is C4H6BrNO. The summed E-state index contributed by atoms with van der Waals surface area (Å²) in [5.74, 6) is -0.0532. The molecule has 7 heavy (non-hydrogen) atoms. The van der Waals surface area contributed by atoms with Crippen LogP contribution < -0.4 is 5.73 Å². The summed E-state index contributed by atoms with van der Waals surface area (Å²) < 4.78 is 0.424. The van der Waals surface area contributed by atoms with Gasteiger partial charge in [-0.25, -0.2) is 0 Å². The molecule has 0 aromatic rings. The number of Topliss-reactive ketones (excluding diaryl/α,β-unsaturated/α-hetero) is 1. The highest BCUT2D eigenvalue weighted by Gasteiger charge is 1.92. The van der Waals surface area contributed by atoms with E-state index in [1.165, 1.54) is 13.1 Å². The van der Waals surface area contributed by atoms with Crippen LogP contribution in [0.25, 0.3) is 0 Å². The van der Waals surface area contributed by atoms with E-state index in [4.69, 9.17) is 5.73 Å². The molecule has 3 heteroatoms. The highest BCUT2D eigenvalue weighted by atomic mass is 79.9. The maximum absolute atomic E-state index is 10.2. The van der Waals surface area contributed by atoms with Crippen molar-refractivity contribution in [3.63, 3.8) is 0 Å². The third-order valence-electron chi connectivity index (χ3n) is 0.483. The minimum Gasteiger partial charge on any atom is -0.404 e. The van der Waals surface area contributed by atoms with Crippen LogP contribution >= 0.6 is 15.9 Å². The van der Waals surface area contributed by atoms with Crippen molar-refractivity contribution in [1.29, 1.82) is 0 Å². The molecule has 0 bridgehead atoms. The normalized spacial score (nSPS) is 11.4. The van der Waals surface area contributed by atoms with Crippen molar-refractivity contribution >= 4 is 21.7 Å². The van der Waals surface area contributed by atoms with Crippen LogP contribution in [0.1, 0.15) is 6.92 Å². The number of allylic oxidation sites excluding steroid dienone is 1. The number of halogens is 1. The van der Waals surface area contributed by atoms with Crippen LogP contribution in [0.15, 0.2) is 10.7 Å². The molecule has 0 spiro atoms. The Kier molecular flexibility index (Phi) is 2.67. The fraction of sp³-hybridized carbons (Fsp3) is 0.250.